The van der Waals surface area contributed by atoms with Gasteiger partial charge in [0.05, 0.1) is 0 Å². The molecule has 3 nitrogen and oxygen atoms in total. The predicted molar refractivity (Wildman–Crippen MR) is 74.9 cm³/mol. The van der Waals surface area contributed by atoms with Crippen LogP contribution < -0.4 is 10.2 Å². The van der Waals surface area contributed by atoms with Crippen molar-refractivity contribution in [3.05, 3.63) is 11.1 Å². The molecule has 0 amide bonds. The number of rotatable bonds is 3. The quantitative estimate of drug-likeness (QED) is 0.896. The molecule has 1 aliphatic heterocycles. The lowest BCUT2D eigenvalue weighted by atomic mass is 10.1. The summed E-state index contributed by atoms with van der Waals surface area (Å²) in [5.41, 5.74) is 0. The van der Waals surface area contributed by atoms with Crippen LogP contribution in [0.15, 0.2) is 6.20 Å². The van der Waals surface area contributed by atoms with Crippen LogP contribution in [0.2, 0.25) is 0 Å². The Morgan fingerprint density at radius 3 is 2.53 bits per heavy atom. The largest absolute Gasteiger partial charge is 0.348 e. The third kappa shape index (κ3) is 3.42. The van der Waals surface area contributed by atoms with E-state index in [4.69, 9.17) is 0 Å². The number of thiazole rings is 1. The number of hydrogen-bond acceptors (Lipinski definition) is 4. The van der Waals surface area contributed by atoms with Gasteiger partial charge in [0.1, 0.15) is 0 Å². The Hall–Kier alpha value is -0.610. The molecule has 1 saturated heterocycles. The highest BCUT2D eigenvalue weighted by atomic mass is 32.1. The summed E-state index contributed by atoms with van der Waals surface area (Å²) in [5, 5.41) is 4.48. The maximum absolute atomic E-state index is 4.59. The highest BCUT2D eigenvalue weighted by Gasteiger charge is 2.14. The highest BCUT2D eigenvalue weighted by Crippen LogP contribution is 2.28. The van der Waals surface area contributed by atoms with E-state index in [1.54, 1.807) is 0 Å². The van der Waals surface area contributed by atoms with Crippen molar-refractivity contribution >= 4 is 16.5 Å². The topological polar surface area (TPSA) is 28.2 Å². The average molecular weight is 253 g/mol. The van der Waals surface area contributed by atoms with Gasteiger partial charge < -0.3 is 10.2 Å². The lowest BCUT2D eigenvalue weighted by Gasteiger charge is -2.23. The lowest BCUT2D eigenvalue weighted by molar-refractivity contribution is 0.556. The molecule has 0 aliphatic carbocycles. The molecule has 0 aromatic carbocycles. The Bertz CT molecular complexity index is 329. The summed E-state index contributed by atoms with van der Waals surface area (Å²) in [5.74, 6) is 0. The van der Waals surface area contributed by atoms with Crippen LogP contribution in [0.25, 0.3) is 0 Å². The van der Waals surface area contributed by atoms with Gasteiger partial charge >= 0.3 is 0 Å². The maximum atomic E-state index is 4.59. The summed E-state index contributed by atoms with van der Waals surface area (Å²) < 4.78 is 0. The van der Waals surface area contributed by atoms with Gasteiger partial charge in [-0.15, -0.1) is 11.3 Å². The van der Waals surface area contributed by atoms with Crippen molar-refractivity contribution in [3.8, 4) is 0 Å². The second kappa shape index (κ2) is 6.36. The summed E-state index contributed by atoms with van der Waals surface area (Å²) in [6.07, 6.45) is 8.82. The fraction of sp³-hybridized carbons (Fsp3) is 0.769. The van der Waals surface area contributed by atoms with Gasteiger partial charge in [0, 0.05) is 30.2 Å². The Kier molecular flexibility index (Phi) is 4.80. The first-order valence-corrected chi connectivity index (χ1v) is 7.51. The Morgan fingerprint density at radius 1 is 1.24 bits per heavy atom. The zero-order chi connectivity index (χ0) is 12.1. The average Bonchev–Trinajstić information content (AvgIpc) is 2.77. The molecule has 0 bridgehead atoms. The fourth-order valence-electron chi connectivity index (χ4n) is 2.20. The molecule has 1 aromatic rings. The van der Waals surface area contributed by atoms with Crippen molar-refractivity contribution in [2.75, 3.05) is 25.0 Å². The molecule has 0 saturated carbocycles. The van der Waals surface area contributed by atoms with Crippen molar-refractivity contribution < 1.29 is 0 Å². The van der Waals surface area contributed by atoms with Crippen LogP contribution in [-0.2, 0) is 0 Å². The molecule has 0 radical (unpaired) electrons. The second-order valence-corrected chi connectivity index (χ2v) is 5.85. The first kappa shape index (κ1) is 12.8. The smallest absolute Gasteiger partial charge is 0.185 e. The number of anilines is 1. The molecule has 1 aliphatic rings. The van der Waals surface area contributed by atoms with E-state index in [1.807, 2.05) is 24.6 Å². The molecule has 1 N–H and O–H groups in total. The van der Waals surface area contributed by atoms with E-state index in [0.717, 1.165) is 0 Å². The normalized spacial score (nSPS) is 19.8. The van der Waals surface area contributed by atoms with Gasteiger partial charge in [-0.1, -0.05) is 19.3 Å². The van der Waals surface area contributed by atoms with Crippen molar-refractivity contribution in [2.45, 2.75) is 45.1 Å². The Balaban J connectivity index is 2.01. The van der Waals surface area contributed by atoms with E-state index >= 15 is 0 Å². The minimum absolute atomic E-state index is 0.413. The van der Waals surface area contributed by atoms with Crippen LogP contribution in [0.1, 0.15) is 49.9 Å². The van der Waals surface area contributed by atoms with Crippen LogP contribution in [0, 0.1) is 0 Å². The van der Waals surface area contributed by atoms with Gasteiger partial charge in [0.15, 0.2) is 5.13 Å². The molecule has 0 spiro atoms. The summed E-state index contributed by atoms with van der Waals surface area (Å²) in [6, 6.07) is 0.413. The monoisotopic (exact) mass is 253 g/mol. The molecule has 1 aromatic heterocycles. The summed E-state index contributed by atoms with van der Waals surface area (Å²) in [6.45, 7) is 4.55. The molecule has 4 heteroatoms. The summed E-state index contributed by atoms with van der Waals surface area (Å²) >= 11 is 1.84. The van der Waals surface area contributed by atoms with E-state index in [2.05, 4.69) is 22.1 Å². The van der Waals surface area contributed by atoms with E-state index in [0.29, 0.717) is 6.04 Å². The zero-order valence-electron chi connectivity index (χ0n) is 10.9. The maximum Gasteiger partial charge on any atom is 0.185 e. The molecule has 1 fully saturated rings. The van der Waals surface area contributed by atoms with E-state index in [-0.39, 0.29) is 0 Å². The minimum Gasteiger partial charge on any atom is -0.348 e. The molecular formula is C13H23N3S. The van der Waals surface area contributed by atoms with Crippen molar-refractivity contribution in [1.82, 2.24) is 10.3 Å². The molecular weight excluding hydrogens is 230 g/mol. The van der Waals surface area contributed by atoms with Crippen LogP contribution in [0.4, 0.5) is 5.13 Å². The third-order valence-electron chi connectivity index (χ3n) is 3.50. The number of hydrogen-bond donors (Lipinski definition) is 1. The fourth-order valence-corrected chi connectivity index (χ4v) is 3.23. The molecule has 1 unspecified atom stereocenters. The van der Waals surface area contributed by atoms with Gasteiger partial charge in [-0.3, -0.25) is 0 Å². The lowest BCUT2D eigenvalue weighted by Crippen LogP contribution is -2.26. The van der Waals surface area contributed by atoms with Gasteiger partial charge in [-0.05, 0) is 26.8 Å². The molecule has 96 valence electrons. The molecule has 1 atom stereocenters. The number of nitrogens with zero attached hydrogens (tertiary/aromatic N) is 2. The van der Waals surface area contributed by atoms with Crippen LogP contribution in [0.5, 0.6) is 0 Å². The third-order valence-corrected chi connectivity index (χ3v) is 4.74. The second-order valence-electron chi connectivity index (χ2n) is 4.81. The van der Waals surface area contributed by atoms with Gasteiger partial charge in [0.2, 0.25) is 0 Å². The van der Waals surface area contributed by atoms with Crippen molar-refractivity contribution in [2.24, 2.45) is 0 Å². The zero-order valence-corrected chi connectivity index (χ0v) is 11.7. The first-order valence-electron chi connectivity index (χ1n) is 6.69. The highest BCUT2D eigenvalue weighted by molar-refractivity contribution is 7.15. The van der Waals surface area contributed by atoms with Crippen LogP contribution >= 0.6 is 11.3 Å². The van der Waals surface area contributed by atoms with Crippen molar-refractivity contribution in [3.63, 3.8) is 0 Å². The van der Waals surface area contributed by atoms with Gasteiger partial charge in [0.25, 0.3) is 0 Å². The standard InChI is InChI=1S/C13H23N3S/c1-11(14-2)12-10-15-13(17-12)16-8-6-4-3-5-7-9-16/h10-11,14H,3-9H2,1-2H3. The van der Waals surface area contributed by atoms with Crippen molar-refractivity contribution in [1.29, 1.82) is 0 Å². The number of aromatic nitrogens is 1. The molecule has 17 heavy (non-hydrogen) atoms. The summed E-state index contributed by atoms with van der Waals surface area (Å²) in [4.78, 5) is 8.39. The van der Waals surface area contributed by atoms with E-state index in [1.165, 1.54) is 55.2 Å². The Labute approximate surface area is 108 Å². The first-order chi connectivity index (χ1) is 8.31. The van der Waals surface area contributed by atoms with Crippen LogP contribution in [-0.4, -0.2) is 25.1 Å². The van der Waals surface area contributed by atoms with Gasteiger partial charge in [-0.2, -0.15) is 0 Å². The molecule has 2 heterocycles. The van der Waals surface area contributed by atoms with Gasteiger partial charge in [-0.25, -0.2) is 4.98 Å². The van der Waals surface area contributed by atoms with E-state index < -0.39 is 0 Å². The summed E-state index contributed by atoms with van der Waals surface area (Å²) in [7, 11) is 2.00. The SMILES string of the molecule is CNC(C)c1cnc(N2CCCCCCC2)s1. The molecule has 2 rings (SSSR count). The minimum atomic E-state index is 0.413. The Morgan fingerprint density at radius 2 is 1.88 bits per heavy atom. The predicted octanol–water partition coefficient (Wildman–Crippen LogP) is 3.19. The van der Waals surface area contributed by atoms with E-state index in [9.17, 15) is 0 Å². The van der Waals surface area contributed by atoms with Crippen LogP contribution in [0.3, 0.4) is 0 Å². The number of nitrogens with one attached hydrogen (secondary N) is 1.